The van der Waals surface area contributed by atoms with Crippen LogP contribution in [0.1, 0.15) is 27.7 Å². The fourth-order valence-electron chi connectivity index (χ4n) is 1.83. The van der Waals surface area contributed by atoms with E-state index < -0.39 is 0 Å². The molecule has 0 aromatic rings. The molecule has 0 aromatic carbocycles. The topological polar surface area (TPSA) is 38.8 Å². The molecule has 4 heteroatoms. The van der Waals surface area contributed by atoms with Crippen LogP contribution in [-0.2, 0) is 14.3 Å². The standard InChI is InChI=1S/C10H19NO3/c1-7-5-11(6-8(2)13-7)9(3)14-10(4)12/h7-9H,5-6H2,1-4H3. The molecule has 0 radical (unpaired) electrons. The van der Waals surface area contributed by atoms with Crippen molar-refractivity contribution in [2.75, 3.05) is 13.1 Å². The molecular weight excluding hydrogens is 182 g/mol. The van der Waals surface area contributed by atoms with Crippen molar-refractivity contribution >= 4 is 5.97 Å². The Morgan fingerprint density at radius 2 is 1.93 bits per heavy atom. The Morgan fingerprint density at radius 3 is 2.36 bits per heavy atom. The van der Waals surface area contributed by atoms with Gasteiger partial charge in [-0.15, -0.1) is 0 Å². The van der Waals surface area contributed by atoms with E-state index >= 15 is 0 Å². The van der Waals surface area contributed by atoms with Crippen molar-refractivity contribution in [2.24, 2.45) is 0 Å². The predicted octanol–water partition coefficient (Wildman–Crippen LogP) is 1.00. The summed E-state index contributed by atoms with van der Waals surface area (Å²) in [4.78, 5) is 12.9. The monoisotopic (exact) mass is 201 g/mol. The van der Waals surface area contributed by atoms with Crippen LogP contribution in [0.3, 0.4) is 0 Å². The van der Waals surface area contributed by atoms with Crippen molar-refractivity contribution in [1.29, 1.82) is 0 Å². The van der Waals surface area contributed by atoms with Gasteiger partial charge in [-0.05, 0) is 20.8 Å². The van der Waals surface area contributed by atoms with Gasteiger partial charge in [0.25, 0.3) is 0 Å². The minimum absolute atomic E-state index is 0.152. The normalized spacial score (nSPS) is 31.1. The SMILES string of the molecule is CC(=O)OC(C)N1CC(C)OC(C)C1. The van der Waals surface area contributed by atoms with E-state index in [4.69, 9.17) is 9.47 Å². The average molecular weight is 201 g/mol. The molecule has 0 aliphatic carbocycles. The van der Waals surface area contributed by atoms with E-state index in [2.05, 4.69) is 4.90 Å². The zero-order chi connectivity index (χ0) is 10.7. The maximum absolute atomic E-state index is 10.8. The molecule has 1 aliphatic heterocycles. The minimum Gasteiger partial charge on any atom is -0.447 e. The summed E-state index contributed by atoms with van der Waals surface area (Å²) in [7, 11) is 0. The first-order valence-electron chi connectivity index (χ1n) is 5.05. The van der Waals surface area contributed by atoms with Crippen LogP contribution in [-0.4, -0.2) is 42.4 Å². The molecule has 82 valence electrons. The third-order valence-corrected chi connectivity index (χ3v) is 2.30. The van der Waals surface area contributed by atoms with Gasteiger partial charge >= 0.3 is 5.97 Å². The van der Waals surface area contributed by atoms with Crippen LogP contribution >= 0.6 is 0 Å². The van der Waals surface area contributed by atoms with Gasteiger partial charge in [-0.25, -0.2) is 0 Å². The first kappa shape index (κ1) is 11.5. The fourth-order valence-corrected chi connectivity index (χ4v) is 1.83. The zero-order valence-electron chi connectivity index (χ0n) is 9.32. The third-order valence-electron chi connectivity index (χ3n) is 2.30. The highest BCUT2D eigenvalue weighted by atomic mass is 16.6. The van der Waals surface area contributed by atoms with Crippen LogP contribution < -0.4 is 0 Å². The van der Waals surface area contributed by atoms with Crippen LogP contribution in [0, 0.1) is 0 Å². The average Bonchev–Trinajstić information content (AvgIpc) is 2.00. The number of ether oxygens (including phenoxy) is 2. The number of morpholine rings is 1. The van der Waals surface area contributed by atoms with E-state index in [1.165, 1.54) is 6.92 Å². The van der Waals surface area contributed by atoms with Gasteiger partial charge in [0.15, 0.2) is 6.23 Å². The lowest BCUT2D eigenvalue weighted by Crippen LogP contribution is -2.50. The lowest BCUT2D eigenvalue weighted by atomic mass is 10.2. The smallest absolute Gasteiger partial charge is 0.304 e. The van der Waals surface area contributed by atoms with E-state index in [1.807, 2.05) is 20.8 Å². The predicted molar refractivity (Wildman–Crippen MR) is 52.8 cm³/mol. The lowest BCUT2D eigenvalue weighted by molar-refractivity contribution is -0.166. The van der Waals surface area contributed by atoms with Crippen molar-refractivity contribution in [1.82, 2.24) is 4.90 Å². The van der Waals surface area contributed by atoms with Gasteiger partial charge in [0.05, 0.1) is 12.2 Å². The molecule has 1 rings (SSSR count). The van der Waals surface area contributed by atoms with Crippen LogP contribution in [0.25, 0.3) is 0 Å². The second-order valence-electron chi connectivity index (χ2n) is 3.92. The van der Waals surface area contributed by atoms with E-state index in [0.29, 0.717) is 0 Å². The molecule has 0 N–H and O–H groups in total. The molecule has 3 atom stereocenters. The summed E-state index contributed by atoms with van der Waals surface area (Å²) in [6.07, 6.45) is 0.259. The Kier molecular flexibility index (Phi) is 3.89. The number of rotatable bonds is 2. The van der Waals surface area contributed by atoms with Crippen molar-refractivity contribution < 1.29 is 14.3 Å². The van der Waals surface area contributed by atoms with Crippen LogP contribution in [0.4, 0.5) is 0 Å². The number of esters is 1. The van der Waals surface area contributed by atoms with Crippen molar-refractivity contribution in [3.8, 4) is 0 Å². The first-order chi connectivity index (χ1) is 6.49. The molecule has 14 heavy (non-hydrogen) atoms. The maximum Gasteiger partial charge on any atom is 0.304 e. The van der Waals surface area contributed by atoms with Gasteiger partial charge < -0.3 is 9.47 Å². The zero-order valence-corrected chi connectivity index (χ0v) is 9.32. The number of carbonyl (C=O) groups excluding carboxylic acids is 1. The molecule has 1 aliphatic rings. The summed E-state index contributed by atoms with van der Waals surface area (Å²) < 4.78 is 10.7. The van der Waals surface area contributed by atoms with Gasteiger partial charge in [0.1, 0.15) is 0 Å². The van der Waals surface area contributed by atoms with Crippen LogP contribution in [0.15, 0.2) is 0 Å². The van der Waals surface area contributed by atoms with E-state index in [0.717, 1.165) is 13.1 Å². The summed E-state index contributed by atoms with van der Waals surface area (Å²) in [5.41, 5.74) is 0. The summed E-state index contributed by atoms with van der Waals surface area (Å²) in [6.45, 7) is 9.03. The number of nitrogens with zero attached hydrogens (tertiary/aromatic N) is 1. The third kappa shape index (κ3) is 3.27. The van der Waals surface area contributed by atoms with Gasteiger partial charge in [-0.2, -0.15) is 0 Å². The van der Waals surface area contributed by atoms with Crippen LogP contribution in [0.2, 0.25) is 0 Å². The fraction of sp³-hybridized carbons (Fsp3) is 0.900. The Labute approximate surface area is 85.2 Å². The van der Waals surface area contributed by atoms with Gasteiger partial charge in [0.2, 0.25) is 0 Å². The molecule has 0 bridgehead atoms. The summed E-state index contributed by atoms with van der Waals surface area (Å²) in [5, 5.41) is 0. The highest BCUT2D eigenvalue weighted by Gasteiger charge is 2.26. The van der Waals surface area contributed by atoms with E-state index in [-0.39, 0.29) is 24.4 Å². The van der Waals surface area contributed by atoms with Gasteiger partial charge in [-0.3, -0.25) is 9.69 Å². The molecule has 1 fully saturated rings. The second kappa shape index (κ2) is 4.75. The number of carbonyl (C=O) groups is 1. The highest BCUT2D eigenvalue weighted by molar-refractivity contribution is 5.66. The molecular formula is C10H19NO3. The van der Waals surface area contributed by atoms with Gasteiger partial charge in [0, 0.05) is 20.0 Å². The number of hydrogen-bond donors (Lipinski definition) is 0. The molecule has 1 saturated heterocycles. The first-order valence-corrected chi connectivity index (χ1v) is 5.05. The quantitative estimate of drug-likeness (QED) is 0.625. The molecule has 0 saturated carbocycles. The molecule has 1 heterocycles. The Hall–Kier alpha value is -0.610. The van der Waals surface area contributed by atoms with E-state index in [1.54, 1.807) is 0 Å². The highest BCUT2D eigenvalue weighted by Crippen LogP contribution is 2.13. The summed E-state index contributed by atoms with van der Waals surface area (Å²) >= 11 is 0. The van der Waals surface area contributed by atoms with Crippen molar-refractivity contribution in [3.05, 3.63) is 0 Å². The summed E-state index contributed by atoms with van der Waals surface area (Å²) in [6, 6.07) is 0. The van der Waals surface area contributed by atoms with Crippen molar-refractivity contribution in [3.63, 3.8) is 0 Å². The Balaban J connectivity index is 2.46. The number of hydrogen-bond acceptors (Lipinski definition) is 4. The lowest BCUT2D eigenvalue weighted by Gasteiger charge is -2.38. The largest absolute Gasteiger partial charge is 0.447 e. The molecule has 3 unspecified atom stereocenters. The maximum atomic E-state index is 10.8. The Morgan fingerprint density at radius 1 is 1.43 bits per heavy atom. The summed E-state index contributed by atoms with van der Waals surface area (Å²) in [5.74, 6) is -0.232. The molecule has 0 spiro atoms. The molecule has 0 amide bonds. The van der Waals surface area contributed by atoms with E-state index in [9.17, 15) is 4.79 Å². The van der Waals surface area contributed by atoms with Crippen LogP contribution in [0.5, 0.6) is 0 Å². The molecule has 4 nitrogen and oxygen atoms in total. The second-order valence-corrected chi connectivity index (χ2v) is 3.92. The Bertz CT molecular complexity index is 198. The molecule has 0 aromatic heterocycles. The van der Waals surface area contributed by atoms with Gasteiger partial charge in [-0.1, -0.05) is 0 Å². The van der Waals surface area contributed by atoms with Crippen molar-refractivity contribution in [2.45, 2.75) is 46.1 Å². The minimum atomic E-state index is -0.232.